The van der Waals surface area contributed by atoms with Gasteiger partial charge in [-0.3, -0.25) is 0 Å². The van der Waals surface area contributed by atoms with Crippen molar-refractivity contribution < 1.29 is 9.13 Å². The summed E-state index contributed by atoms with van der Waals surface area (Å²) in [4.78, 5) is 0. The summed E-state index contributed by atoms with van der Waals surface area (Å²) < 4.78 is 19.2. The summed E-state index contributed by atoms with van der Waals surface area (Å²) in [5, 5.41) is 3.46. The Kier molecular flexibility index (Phi) is 4.40. The van der Waals surface area contributed by atoms with Crippen molar-refractivity contribution in [2.75, 3.05) is 14.2 Å². The summed E-state index contributed by atoms with van der Waals surface area (Å²) in [6.45, 7) is 0.659. The molecule has 0 saturated carbocycles. The number of nitrogens with one attached hydrogen (secondary N) is 1. The fraction of sp³-hybridized carbons (Fsp3) is 0.200. The molecule has 0 aliphatic heterocycles. The van der Waals surface area contributed by atoms with E-state index in [1.165, 1.54) is 6.07 Å². The van der Waals surface area contributed by atoms with Gasteiger partial charge >= 0.3 is 0 Å². The maximum absolute atomic E-state index is 13.9. The van der Waals surface area contributed by atoms with Gasteiger partial charge in [0.15, 0.2) is 0 Å². The Bertz CT molecular complexity index is 586. The molecule has 0 atom stereocenters. The predicted molar refractivity (Wildman–Crippen MR) is 76.2 cm³/mol. The van der Waals surface area contributed by atoms with Crippen LogP contribution in [0.15, 0.2) is 36.4 Å². The van der Waals surface area contributed by atoms with Crippen molar-refractivity contribution in [3.05, 3.63) is 52.8 Å². The molecule has 19 heavy (non-hydrogen) atoms. The SMILES string of the molecule is CNCc1cc(-c2ccc(Cl)cc2F)ccc1OC. The number of hydrogen-bond donors (Lipinski definition) is 1. The summed E-state index contributed by atoms with van der Waals surface area (Å²) in [7, 11) is 3.48. The van der Waals surface area contributed by atoms with Crippen molar-refractivity contribution in [1.29, 1.82) is 0 Å². The van der Waals surface area contributed by atoms with Gasteiger partial charge in [-0.15, -0.1) is 0 Å². The molecule has 2 rings (SSSR count). The van der Waals surface area contributed by atoms with Crippen molar-refractivity contribution in [1.82, 2.24) is 5.32 Å². The van der Waals surface area contributed by atoms with Gasteiger partial charge in [0.2, 0.25) is 0 Å². The highest BCUT2D eigenvalue weighted by atomic mass is 35.5. The fourth-order valence-electron chi connectivity index (χ4n) is 2.00. The third-order valence-corrected chi connectivity index (χ3v) is 3.12. The molecule has 0 fully saturated rings. The lowest BCUT2D eigenvalue weighted by Crippen LogP contribution is -2.06. The second-order valence-corrected chi connectivity index (χ2v) is 4.62. The van der Waals surface area contributed by atoms with E-state index < -0.39 is 0 Å². The monoisotopic (exact) mass is 279 g/mol. The number of benzene rings is 2. The van der Waals surface area contributed by atoms with E-state index in [9.17, 15) is 4.39 Å². The van der Waals surface area contributed by atoms with Crippen LogP contribution in [0.4, 0.5) is 4.39 Å². The number of methoxy groups -OCH3 is 1. The molecule has 0 aliphatic rings. The van der Waals surface area contributed by atoms with Crippen LogP contribution in [0, 0.1) is 5.82 Å². The first kappa shape index (κ1) is 13.8. The second-order valence-electron chi connectivity index (χ2n) is 4.18. The molecular weight excluding hydrogens is 265 g/mol. The van der Waals surface area contributed by atoms with Crippen molar-refractivity contribution >= 4 is 11.6 Å². The van der Waals surface area contributed by atoms with E-state index in [0.717, 1.165) is 16.9 Å². The molecule has 0 unspecified atom stereocenters. The van der Waals surface area contributed by atoms with Gasteiger partial charge in [0.05, 0.1) is 7.11 Å². The Morgan fingerprint density at radius 1 is 1.21 bits per heavy atom. The van der Waals surface area contributed by atoms with E-state index in [1.54, 1.807) is 19.2 Å². The Hall–Kier alpha value is -1.58. The fourth-order valence-corrected chi connectivity index (χ4v) is 2.16. The van der Waals surface area contributed by atoms with Crippen LogP contribution in [0.25, 0.3) is 11.1 Å². The first-order valence-electron chi connectivity index (χ1n) is 5.92. The third-order valence-electron chi connectivity index (χ3n) is 2.89. The molecule has 1 N–H and O–H groups in total. The van der Waals surface area contributed by atoms with Crippen LogP contribution in [-0.2, 0) is 6.54 Å². The van der Waals surface area contributed by atoms with E-state index in [-0.39, 0.29) is 5.82 Å². The highest BCUT2D eigenvalue weighted by Crippen LogP contribution is 2.29. The molecular formula is C15H15ClFNO. The minimum absolute atomic E-state index is 0.326. The van der Waals surface area contributed by atoms with Crippen molar-refractivity contribution in [3.63, 3.8) is 0 Å². The maximum atomic E-state index is 13.9. The number of hydrogen-bond acceptors (Lipinski definition) is 2. The normalized spacial score (nSPS) is 10.5. The maximum Gasteiger partial charge on any atom is 0.132 e. The largest absolute Gasteiger partial charge is 0.496 e. The van der Waals surface area contributed by atoms with E-state index in [1.807, 2.05) is 25.2 Å². The summed E-state index contributed by atoms with van der Waals surface area (Å²) in [6, 6.07) is 10.3. The highest BCUT2D eigenvalue weighted by Gasteiger charge is 2.09. The van der Waals surface area contributed by atoms with E-state index in [0.29, 0.717) is 17.1 Å². The van der Waals surface area contributed by atoms with Crippen molar-refractivity contribution in [3.8, 4) is 16.9 Å². The minimum atomic E-state index is -0.326. The van der Waals surface area contributed by atoms with Crippen LogP contribution in [0.3, 0.4) is 0 Å². The second kappa shape index (κ2) is 6.04. The molecule has 2 nitrogen and oxygen atoms in total. The average Bonchev–Trinajstić information content (AvgIpc) is 2.39. The van der Waals surface area contributed by atoms with Gasteiger partial charge in [-0.25, -0.2) is 4.39 Å². The molecule has 0 radical (unpaired) electrons. The first-order chi connectivity index (χ1) is 9.15. The summed E-state index contributed by atoms with van der Waals surface area (Å²) in [5.74, 6) is 0.459. The van der Waals surface area contributed by atoms with Crippen LogP contribution in [0.2, 0.25) is 5.02 Å². The molecule has 0 bridgehead atoms. The molecule has 4 heteroatoms. The molecule has 2 aromatic carbocycles. The Morgan fingerprint density at radius 3 is 2.63 bits per heavy atom. The zero-order chi connectivity index (χ0) is 13.8. The van der Waals surface area contributed by atoms with Gasteiger partial charge in [0, 0.05) is 22.7 Å². The topological polar surface area (TPSA) is 21.3 Å². The zero-order valence-corrected chi connectivity index (χ0v) is 11.6. The lowest BCUT2D eigenvalue weighted by atomic mass is 10.0. The van der Waals surface area contributed by atoms with Gasteiger partial charge in [0.1, 0.15) is 11.6 Å². The molecule has 0 heterocycles. The average molecular weight is 280 g/mol. The highest BCUT2D eigenvalue weighted by molar-refractivity contribution is 6.30. The minimum Gasteiger partial charge on any atom is -0.496 e. The predicted octanol–water partition coefficient (Wildman–Crippen LogP) is 3.87. The lowest BCUT2D eigenvalue weighted by molar-refractivity contribution is 0.408. The Labute approximate surface area is 117 Å². The van der Waals surface area contributed by atoms with Crippen LogP contribution in [0.5, 0.6) is 5.75 Å². The Balaban J connectivity index is 2.47. The summed E-state index contributed by atoms with van der Waals surface area (Å²) in [5.41, 5.74) is 2.32. The van der Waals surface area contributed by atoms with Gasteiger partial charge in [-0.1, -0.05) is 17.7 Å². The van der Waals surface area contributed by atoms with Crippen LogP contribution in [-0.4, -0.2) is 14.2 Å². The Morgan fingerprint density at radius 2 is 2.00 bits per heavy atom. The van der Waals surface area contributed by atoms with E-state index in [2.05, 4.69) is 5.32 Å². The van der Waals surface area contributed by atoms with Gasteiger partial charge in [0.25, 0.3) is 0 Å². The summed E-state index contributed by atoms with van der Waals surface area (Å²) >= 11 is 5.76. The summed E-state index contributed by atoms with van der Waals surface area (Å²) in [6.07, 6.45) is 0. The molecule has 0 aliphatic carbocycles. The van der Waals surface area contributed by atoms with Gasteiger partial charge in [-0.2, -0.15) is 0 Å². The van der Waals surface area contributed by atoms with Gasteiger partial charge in [-0.05, 0) is 42.9 Å². The molecule has 0 spiro atoms. The standard InChI is InChI=1S/C15H15ClFNO/c1-18-9-11-7-10(3-6-15(11)19-2)13-5-4-12(16)8-14(13)17/h3-8,18H,9H2,1-2H3. The van der Waals surface area contributed by atoms with Crippen LogP contribution in [0.1, 0.15) is 5.56 Å². The lowest BCUT2D eigenvalue weighted by Gasteiger charge is -2.11. The number of rotatable bonds is 4. The molecule has 100 valence electrons. The number of ether oxygens (including phenoxy) is 1. The van der Waals surface area contributed by atoms with E-state index >= 15 is 0 Å². The quantitative estimate of drug-likeness (QED) is 0.917. The van der Waals surface area contributed by atoms with Crippen LogP contribution < -0.4 is 10.1 Å². The van der Waals surface area contributed by atoms with Crippen LogP contribution >= 0.6 is 11.6 Å². The molecule has 0 saturated heterocycles. The first-order valence-corrected chi connectivity index (χ1v) is 6.30. The van der Waals surface area contributed by atoms with Crippen molar-refractivity contribution in [2.45, 2.75) is 6.54 Å². The number of halogens is 2. The third kappa shape index (κ3) is 3.06. The van der Waals surface area contributed by atoms with Crippen molar-refractivity contribution in [2.24, 2.45) is 0 Å². The molecule has 0 aromatic heterocycles. The zero-order valence-electron chi connectivity index (χ0n) is 10.8. The van der Waals surface area contributed by atoms with Gasteiger partial charge < -0.3 is 10.1 Å². The smallest absolute Gasteiger partial charge is 0.132 e. The van der Waals surface area contributed by atoms with E-state index in [4.69, 9.17) is 16.3 Å². The molecule has 2 aromatic rings. The molecule has 0 amide bonds.